The Morgan fingerprint density at radius 3 is 2.76 bits per heavy atom. The molecule has 1 aliphatic heterocycles. The lowest BCUT2D eigenvalue weighted by Gasteiger charge is -2.27. The Balaban J connectivity index is 2.29. The maximum Gasteiger partial charge on any atom is 0.146 e. The first-order chi connectivity index (χ1) is 8.11. The molecule has 0 saturated carbocycles. The van der Waals surface area contributed by atoms with Crippen LogP contribution >= 0.6 is 27.7 Å². The van der Waals surface area contributed by atoms with E-state index in [4.69, 9.17) is 0 Å². The molecule has 0 radical (unpaired) electrons. The zero-order valence-electron chi connectivity index (χ0n) is 9.13. The zero-order valence-corrected chi connectivity index (χ0v) is 11.5. The van der Waals surface area contributed by atoms with E-state index < -0.39 is 17.7 Å². The first-order valence-corrected chi connectivity index (χ1v) is 7.38. The summed E-state index contributed by atoms with van der Waals surface area (Å²) < 4.78 is 27.6. The van der Waals surface area contributed by atoms with Crippen LogP contribution in [-0.4, -0.2) is 16.1 Å². The highest BCUT2D eigenvalue weighted by Gasteiger charge is 2.29. The molecule has 0 aromatic heterocycles. The molecule has 1 aliphatic rings. The lowest BCUT2D eigenvalue weighted by atomic mass is 10.0. The van der Waals surface area contributed by atoms with Gasteiger partial charge in [-0.25, -0.2) is 8.78 Å². The van der Waals surface area contributed by atoms with Crippen molar-refractivity contribution < 1.29 is 13.9 Å². The zero-order chi connectivity index (χ0) is 12.4. The Kier molecular flexibility index (Phi) is 4.44. The highest BCUT2D eigenvalue weighted by Crippen LogP contribution is 2.37. The maximum absolute atomic E-state index is 13.8. The van der Waals surface area contributed by atoms with Crippen LogP contribution in [0, 0.1) is 11.6 Å². The first kappa shape index (κ1) is 13.3. The van der Waals surface area contributed by atoms with Crippen molar-refractivity contribution in [2.45, 2.75) is 30.6 Å². The molecule has 2 atom stereocenters. The summed E-state index contributed by atoms with van der Waals surface area (Å²) in [6.07, 6.45) is 1.85. The second kappa shape index (κ2) is 5.67. The van der Waals surface area contributed by atoms with Gasteiger partial charge in [-0.15, -0.1) is 0 Å². The second-order valence-electron chi connectivity index (χ2n) is 4.11. The van der Waals surface area contributed by atoms with Crippen molar-refractivity contribution in [3.8, 4) is 0 Å². The van der Waals surface area contributed by atoms with Crippen molar-refractivity contribution in [1.29, 1.82) is 0 Å². The Bertz CT molecular complexity index is 408. The fourth-order valence-corrected chi connectivity index (χ4v) is 3.69. The van der Waals surface area contributed by atoms with Gasteiger partial charge in [0.2, 0.25) is 0 Å². The Labute approximate surface area is 112 Å². The predicted octanol–water partition coefficient (Wildman–Crippen LogP) is 4.05. The van der Waals surface area contributed by atoms with Crippen molar-refractivity contribution in [3.05, 3.63) is 33.8 Å². The molecule has 1 fully saturated rings. The number of aliphatic hydroxyl groups excluding tert-OH is 1. The highest BCUT2D eigenvalue weighted by atomic mass is 79.9. The van der Waals surface area contributed by atoms with E-state index in [9.17, 15) is 13.9 Å². The molecule has 1 aromatic rings. The fraction of sp³-hybridized carbons (Fsp3) is 0.500. The topological polar surface area (TPSA) is 20.2 Å². The Morgan fingerprint density at radius 2 is 2.12 bits per heavy atom. The quantitative estimate of drug-likeness (QED) is 0.829. The lowest BCUT2D eigenvalue weighted by molar-refractivity contribution is 0.159. The van der Waals surface area contributed by atoms with Crippen LogP contribution in [-0.2, 0) is 0 Å². The molecule has 1 heterocycles. The number of halogens is 3. The van der Waals surface area contributed by atoms with Crippen molar-refractivity contribution in [2.75, 3.05) is 5.75 Å². The van der Waals surface area contributed by atoms with Crippen LogP contribution in [0.2, 0.25) is 0 Å². The molecule has 1 nitrogen and oxygen atoms in total. The molecule has 94 valence electrons. The van der Waals surface area contributed by atoms with Gasteiger partial charge in [-0.05, 0) is 46.7 Å². The van der Waals surface area contributed by atoms with Crippen LogP contribution < -0.4 is 0 Å². The Hall–Kier alpha value is -0.130. The van der Waals surface area contributed by atoms with E-state index in [1.165, 1.54) is 12.1 Å². The van der Waals surface area contributed by atoms with E-state index >= 15 is 0 Å². The minimum atomic E-state index is -1.07. The highest BCUT2D eigenvalue weighted by molar-refractivity contribution is 9.10. The van der Waals surface area contributed by atoms with Crippen LogP contribution in [0.25, 0.3) is 0 Å². The average Bonchev–Trinajstić information content (AvgIpc) is 2.35. The van der Waals surface area contributed by atoms with E-state index in [2.05, 4.69) is 15.9 Å². The monoisotopic (exact) mass is 322 g/mol. The van der Waals surface area contributed by atoms with E-state index in [1.807, 2.05) is 0 Å². The third-order valence-corrected chi connectivity index (χ3v) is 5.00. The molecular formula is C12H13BrF2OS. The van der Waals surface area contributed by atoms with Crippen LogP contribution in [0.15, 0.2) is 16.6 Å². The summed E-state index contributed by atoms with van der Waals surface area (Å²) in [5, 5.41) is 10.0. The Morgan fingerprint density at radius 1 is 1.35 bits per heavy atom. The molecule has 17 heavy (non-hydrogen) atoms. The molecule has 1 N–H and O–H groups in total. The van der Waals surface area contributed by atoms with Gasteiger partial charge in [0.1, 0.15) is 11.6 Å². The molecule has 2 unspecified atom stereocenters. The normalized spacial score (nSPS) is 22.5. The van der Waals surface area contributed by atoms with Crippen molar-refractivity contribution in [2.24, 2.45) is 0 Å². The minimum Gasteiger partial charge on any atom is -0.387 e. The van der Waals surface area contributed by atoms with Crippen molar-refractivity contribution in [1.82, 2.24) is 0 Å². The third kappa shape index (κ3) is 2.83. The molecule has 0 aliphatic carbocycles. The third-order valence-electron chi connectivity index (χ3n) is 2.94. The number of benzene rings is 1. The van der Waals surface area contributed by atoms with Gasteiger partial charge in [-0.1, -0.05) is 6.42 Å². The van der Waals surface area contributed by atoms with E-state index in [-0.39, 0.29) is 15.3 Å². The molecule has 2 rings (SSSR count). The summed E-state index contributed by atoms with van der Waals surface area (Å²) in [4.78, 5) is 0. The van der Waals surface area contributed by atoms with Gasteiger partial charge >= 0.3 is 0 Å². The van der Waals surface area contributed by atoms with Gasteiger partial charge in [0.25, 0.3) is 0 Å². The standard InChI is InChI=1S/C12H13BrF2OS/c13-7-4-5-8(14)10(11(7)15)12(16)9-3-1-2-6-17-9/h4-5,9,12,16H,1-3,6H2. The molecular weight excluding hydrogens is 310 g/mol. The van der Waals surface area contributed by atoms with Gasteiger partial charge in [0, 0.05) is 5.25 Å². The van der Waals surface area contributed by atoms with Gasteiger partial charge in [0.15, 0.2) is 0 Å². The number of rotatable bonds is 2. The van der Waals surface area contributed by atoms with Crippen LogP contribution in [0.1, 0.15) is 30.9 Å². The van der Waals surface area contributed by atoms with E-state index in [1.54, 1.807) is 11.8 Å². The molecule has 1 aromatic carbocycles. The van der Waals surface area contributed by atoms with E-state index in [0.29, 0.717) is 0 Å². The van der Waals surface area contributed by atoms with Crippen molar-refractivity contribution >= 4 is 27.7 Å². The molecule has 0 amide bonds. The summed E-state index contributed by atoms with van der Waals surface area (Å²) in [6.45, 7) is 0. The van der Waals surface area contributed by atoms with Crippen LogP contribution in [0.4, 0.5) is 8.78 Å². The molecule has 0 bridgehead atoms. The first-order valence-electron chi connectivity index (χ1n) is 5.54. The fourth-order valence-electron chi connectivity index (χ4n) is 2.01. The largest absolute Gasteiger partial charge is 0.387 e. The second-order valence-corrected chi connectivity index (χ2v) is 6.31. The summed E-state index contributed by atoms with van der Waals surface area (Å²) in [5.74, 6) is -0.424. The molecule has 5 heteroatoms. The molecule has 1 saturated heterocycles. The number of aliphatic hydroxyl groups is 1. The van der Waals surface area contributed by atoms with Gasteiger partial charge in [0.05, 0.1) is 16.1 Å². The van der Waals surface area contributed by atoms with Crippen LogP contribution in [0.3, 0.4) is 0 Å². The van der Waals surface area contributed by atoms with Crippen molar-refractivity contribution in [3.63, 3.8) is 0 Å². The van der Waals surface area contributed by atoms with Gasteiger partial charge in [-0.2, -0.15) is 11.8 Å². The summed E-state index contributed by atoms with van der Waals surface area (Å²) >= 11 is 4.60. The number of hydrogen-bond donors (Lipinski definition) is 1. The number of hydrogen-bond acceptors (Lipinski definition) is 2. The lowest BCUT2D eigenvalue weighted by Crippen LogP contribution is -2.21. The van der Waals surface area contributed by atoms with Gasteiger partial charge in [-0.3, -0.25) is 0 Å². The predicted molar refractivity (Wildman–Crippen MR) is 69.1 cm³/mol. The average molecular weight is 323 g/mol. The summed E-state index contributed by atoms with van der Waals surface area (Å²) in [6, 6.07) is 2.49. The maximum atomic E-state index is 13.8. The summed E-state index contributed by atoms with van der Waals surface area (Å²) in [7, 11) is 0. The van der Waals surface area contributed by atoms with E-state index in [0.717, 1.165) is 25.0 Å². The number of thioether (sulfide) groups is 1. The summed E-state index contributed by atoms with van der Waals surface area (Å²) in [5.41, 5.74) is -0.209. The van der Waals surface area contributed by atoms with Crippen LogP contribution in [0.5, 0.6) is 0 Å². The smallest absolute Gasteiger partial charge is 0.146 e. The minimum absolute atomic E-state index is 0.109. The SMILES string of the molecule is OC(c1c(F)ccc(Br)c1F)C1CCCCS1. The molecule has 0 spiro atoms. The van der Waals surface area contributed by atoms with Gasteiger partial charge < -0.3 is 5.11 Å².